The maximum Gasteiger partial charge on any atom is 0.341 e. The molecule has 1 N–H and O–H groups in total. The summed E-state index contributed by atoms with van der Waals surface area (Å²) >= 11 is 1.35. The molecule has 0 fully saturated rings. The van der Waals surface area contributed by atoms with E-state index in [9.17, 15) is 19.7 Å². The number of benzene rings is 1. The molecule has 0 saturated carbocycles. The molecule has 1 heterocycles. The van der Waals surface area contributed by atoms with Gasteiger partial charge in [-0.15, -0.1) is 11.3 Å². The highest BCUT2D eigenvalue weighted by molar-refractivity contribution is 7.17. The van der Waals surface area contributed by atoms with Crippen molar-refractivity contribution in [2.24, 2.45) is 0 Å². The Labute approximate surface area is 170 Å². The molecule has 1 aliphatic rings. The fourth-order valence-electron chi connectivity index (χ4n) is 3.11. The van der Waals surface area contributed by atoms with Gasteiger partial charge in [0.2, 0.25) is 0 Å². The number of carbonyl (C=O) groups is 2. The van der Waals surface area contributed by atoms with E-state index in [-0.39, 0.29) is 18.0 Å². The molecule has 3 rings (SSSR count). The highest BCUT2D eigenvalue weighted by atomic mass is 32.1. The Morgan fingerprint density at radius 3 is 2.79 bits per heavy atom. The quantitative estimate of drug-likeness (QED) is 0.395. The van der Waals surface area contributed by atoms with E-state index in [1.165, 1.54) is 36.6 Å². The second kappa shape index (κ2) is 8.91. The third-order valence-electron chi connectivity index (χ3n) is 4.38. The molecule has 154 valence electrons. The van der Waals surface area contributed by atoms with Crippen molar-refractivity contribution >= 4 is 33.9 Å². The molecule has 0 aliphatic heterocycles. The van der Waals surface area contributed by atoms with E-state index >= 15 is 0 Å². The minimum atomic E-state index is -0.613. The molecule has 29 heavy (non-hydrogen) atoms. The number of methoxy groups -OCH3 is 1. The molecule has 0 saturated heterocycles. The van der Waals surface area contributed by atoms with E-state index in [0.29, 0.717) is 16.3 Å². The van der Waals surface area contributed by atoms with Crippen molar-refractivity contribution in [1.82, 2.24) is 0 Å². The summed E-state index contributed by atoms with van der Waals surface area (Å²) in [6, 6.07) is 4.09. The number of hydrogen-bond acceptors (Lipinski definition) is 8. The summed E-state index contributed by atoms with van der Waals surface area (Å²) in [6.45, 7) is 1.51. The van der Waals surface area contributed by atoms with Crippen LogP contribution in [0.4, 0.5) is 10.7 Å². The monoisotopic (exact) mass is 420 g/mol. The smallest absolute Gasteiger partial charge is 0.341 e. The van der Waals surface area contributed by atoms with Gasteiger partial charge in [0.05, 0.1) is 30.3 Å². The molecule has 1 aromatic carbocycles. The Morgan fingerprint density at radius 1 is 1.31 bits per heavy atom. The van der Waals surface area contributed by atoms with Crippen molar-refractivity contribution < 1.29 is 28.7 Å². The first-order chi connectivity index (χ1) is 13.9. The number of hydrogen-bond donors (Lipinski definition) is 1. The van der Waals surface area contributed by atoms with Crippen molar-refractivity contribution in [3.05, 3.63) is 44.3 Å². The van der Waals surface area contributed by atoms with Crippen molar-refractivity contribution in [2.45, 2.75) is 26.2 Å². The number of nitro benzene ring substituents is 1. The SMILES string of the molecule is CCOC(=O)c1c(NC(=O)COc2ccc(OC)cc2[N+](=O)[O-])sc2c1CCC2. The van der Waals surface area contributed by atoms with Gasteiger partial charge in [-0.25, -0.2) is 4.79 Å². The zero-order valence-electron chi connectivity index (χ0n) is 16.0. The predicted molar refractivity (Wildman–Crippen MR) is 106 cm³/mol. The minimum Gasteiger partial charge on any atom is -0.496 e. The molecular weight excluding hydrogens is 400 g/mol. The van der Waals surface area contributed by atoms with Crippen LogP contribution in [0.2, 0.25) is 0 Å². The number of anilines is 1. The Morgan fingerprint density at radius 2 is 2.10 bits per heavy atom. The molecule has 0 atom stereocenters. The van der Waals surface area contributed by atoms with E-state index in [4.69, 9.17) is 14.2 Å². The fourth-order valence-corrected chi connectivity index (χ4v) is 4.40. The lowest BCUT2D eigenvalue weighted by molar-refractivity contribution is -0.385. The molecule has 9 nitrogen and oxygen atoms in total. The van der Waals surface area contributed by atoms with Crippen molar-refractivity contribution in [1.29, 1.82) is 0 Å². The van der Waals surface area contributed by atoms with Crippen LogP contribution in [0.15, 0.2) is 18.2 Å². The van der Waals surface area contributed by atoms with E-state index in [0.717, 1.165) is 29.7 Å². The topological polar surface area (TPSA) is 117 Å². The summed E-state index contributed by atoms with van der Waals surface area (Å²) in [4.78, 5) is 36.4. The Balaban J connectivity index is 1.72. The number of fused-ring (bicyclic) bond motifs is 1. The van der Waals surface area contributed by atoms with Crippen LogP contribution in [-0.4, -0.2) is 37.1 Å². The highest BCUT2D eigenvalue weighted by Gasteiger charge is 2.28. The van der Waals surface area contributed by atoms with Gasteiger partial charge in [0.15, 0.2) is 12.4 Å². The third kappa shape index (κ3) is 4.48. The van der Waals surface area contributed by atoms with Gasteiger partial charge in [-0.1, -0.05) is 0 Å². The predicted octanol–water partition coefficient (Wildman–Crippen LogP) is 3.35. The number of thiophene rings is 1. The molecule has 0 radical (unpaired) electrons. The number of ether oxygens (including phenoxy) is 3. The normalized spacial score (nSPS) is 12.2. The number of carbonyl (C=O) groups excluding carboxylic acids is 2. The molecule has 0 spiro atoms. The molecule has 10 heteroatoms. The van der Waals surface area contributed by atoms with E-state index in [1.54, 1.807) is 6.92 Å². The molecule has 1 aromatic heterocycles. The lowest BCUT2D eigenvalue weighted by Gasteiger charge is -2.10. The lowest BCUT2D eigenvalue weighted by atomic mass is 10.1. The summed E-state index contributed by atoms with van der Waals surface area (Å²) in [7, 11) is 1.40. The average Bonchev–Trinajstić information content (AvgIpc) is 3.26. The zero-order chi connectivity index (χ0) is 21.0. The number of aryl methyl sites for hydroxylation is 1. The number of nitrogens with zero attached hydrogens (tertiary/aromatic N) is 1. The molecule has 1 amide bonds. The first-order valence-corrected chi connectivity index (χ1v) is 9.83. The van der Waals surface area contributed by atoms with Crippen LogP contribution in [0.25, 0.3) is 0 Å². The summed E-state index contributed by atoms with van der Waals surface area (Å²) < 4.78 is 15.4. The number of esters is 1. The maximum atomic E-state index is 12.4. The van der Waals surface area contributed by atoms with Gasteiger partial charge in [-0.2, -0.15) is 0 Å². The second-order valence-electron chi connectivity index (χ2n) is 6.21. The number of amides is 1. The van der Waals surface area contributed by atoms with Crippen molar-refractivity contribution in [2.75, 3.05) is 25.6 Å². The van der Waals surface area contributed by atoms with Gasteiger partial charge in [-0.05, 0) is 43.9 Å². The van der Waals surface area contributed by atoms with E-state index in [1.807, 2.05) is 0 Å². The summed E-state index contributed by atoms with van der Waals surface area (Å²) in [5.41, 5.74) is 1.02. The van der Waals surface area contributed by atoms with Crippen LogP contribution < -0.4 is 14.8 Å². The first-order valence-electron chi connectivity index (χ1n) is 9.01. The van der Waals surface area contributed by atoms with Crippen LogP contribution >= 0.6 is 11.3 Å². The van der Waals surface area contributed by atoms with Crippen LogP contribution in [0.5, 0.6) is 11.5 Å². The van der Waals surface area contributed by atoms with Crippen LogP contribution in [0, 0.1) is 10.1 Å². The van der Waals surface area contributed by atoms with Crippen LogP contribution in [-0.2, 0) is 22.4 Å². The van der Waals surface area contributed by atoms with Gasteiger partial charge in [0, 0.05) is 4.88 Å². The van der Waals surface area contributed by atoms with Gasteiger partial charge in [0.1, 0.15) is 10.8 Å². The second-order valence-corrected chi connectivity index (χ2v) is 7.31. The van der Waals surface area contributed by atoms with Crippen molar-refractivity contribution in [3.63, 3.8) is 0 Å². The zero-order valence-corrected chi connectivity index (χ0v) is 16.8. The lowest BCUT2D eigenvalue weighted by Crippen LogP contribution is -2.21. The fraction of sp³-hybridized carbons (Fsp3) is 0.368. The molecular formula is C19H20N2O7S. The largest absolute Gasteiger partial charge is 0.496 e. The number of nitrogens with one attached hydrogen (secondary N) is 1. The standard InChI is InChI=1S/C19H20N2O7S/c1-3-27-19(23)17-12-5-4-6-15(12)29-18(17)20-16(22)10-28-14-8-7-11(26-2)9-13(14)21(24)25/h7-9H,3-6,10H2,1-2H3,(H,20,22). The van der Waals surface area contributed by atoms with Crippen molar-refractivity contribution in [3.8, 4) is 11.5 Å². The van der Waals surface area contributed by atoms with Gasteiger partial charge < -0.3 is 19.5 Å². The summed E-state index contributed by atoms with van der Waals surface area (Å²) in [5, 5.41) is 14.3. The molecule has 1 aliphatic carbocycles. The molecule has 0 unspecified atom stereocenters. The molecule has 2 aromatic rings. The van der Waals surface area contributed by atoms with E-state index < -0.39 is 23.4 Å². The van der Waals surface area contributed by atoms with Crippen LogP contribution in [0.1, 0.15) is 34.1 Å². The molecule has 0 bridgehead atoms. The number of nitro groups is 1. The highest BCUT2D eigenvalue weighted by Crippen LogP contribution is 2.39. The van der Waals surface area contributed by atoms with E-state index in [2.05, 4.69) is 5.32 Å². The van der Waals surface area contributed by atoms with Gasteiger partial charge >= 0.3 is 11.7 Å². The number of rotatable bonds is 8. The average molecular weight is 420 g/mol. The summed E-state index contributed by atoms with van der Waals surface area (Å²) in [5.74, 6) is -0.736. The van der Waals surface area contributed by atoms with Gasteiger partial charge in [0.25, 0.3) is 5.91 Å². The maximum absolute atomic E-state index is 12.4. The van der Waals surface area contributed by atoms with Crippen LogP contribution in [0.3, 0.4) is 0 Å². The first kappa shape index (κ1) is 20.6. The Bertz CT molecular complexity index is 954. The summed E-state index contributed by atoms with van der Waals surface area (Å²) in [6.07, 6.45) is 2.59. The third-order valence-corrected chi connectivity index (χ3v) is 5.58. The Kier molecular flexibility index (Phi) is 6.32. The minimum absolute atomic E-state index is 0.0507. The van der Waals surface area contributed by atoms with Gasteiger partial charge in [-0.3, -0.25) is 14.9 Å². The Hall–Kier alpha value is -3.14.